The Hall–Kier alpha value is -2.13. The summed E-state index contributed by atoms with van der Waals surface area (Å²) in [5.41, 5.74) is 0.462. The number of rotatable bonds is 5. The van der Waals surface area contributed by atoms with Crippen LogP contribution in [0.5, 0.6) is 11.5 Å². The van der Waals surface area contributed by atoms with E-state index in [-0.39, 0.29) is 12.2 Å². The number of hydrogen-bond acceptors (Lipinski definition) is 6. The van der Waals surface area contributed by atoms with Gasteiger partial charge in [0.1, 0.15) is 16.5 Å². The van der Waals surface area contributed by atoms with Crippen molar-refractivity contribution in [1.82, 2.24) is 19.8 Å². The van der Waals surface area contributed by atoms with Crippen molar-refractivity contribution < 1.29 is 9.47 Å². The molecular weight excluding hydrogens is 384 g/mol. The fourth-order valence-electron chi connectivity index (χ4n) is 2.11. The van der Waals surface area contributed by atoms with Gasteiger partial charge in [-0.15, -0.1) is 11.3 Å². The molecule has 0 spiro atoms. The predicted molar refractivity (Wildman–Crippen MR) is 89.8 cm³/mol. The molecule has 2 heterocycles. The second-order valence-corrected chi connectivity index (χ2v) is 6.36. The smallest absolute Gasteiger partial charge is 0.369 e. The van der Waals surface area contributed by atoms with Crippen LogP contribution in [-0.2, 0) is 6.54 Å². The van der Waals surface area contributed by atoms with E-state index in [0.717, 1.165) is 15.0 Å². The SMILES string of the molecule is COc1cc(Cn2nnn(-c3cccs3)c2=O)c(OC)cc1Br. The summed E-state index contributed by atoms with van der Waals surface area (Å²) in [6, 6.07) is 7.27. The topological polar surface area (TPSA) is 71.2 Å². The largest absolute Gasteiger partial charge is 0.496 e. The van der Waals surface area contributed by atoms with Gasteiger partial charge in [0.2, 0.25) is 0 Å². The van der Waals surface area contributed by atoms with Crippen molar-refractivity contribution in [2.24, 2.45) is 0 Å². The molecule has 9 heteroatoms. The monoisotopic (exact) mass is 396 g/mol. The van der Waals surface area contributed by atoms with Crippen LogP contribution in [0.3, 0.4) is 0 Å². The van der Waals surface area contributed by atoms with Crippen molar-refractivity contribution in [2.45, 2.75) is 6.54 Å². The molecule has 0 saturated heterocycles. The third-order valence-corrected chi connectivity index (χ3v) is 4.69. The minimum Gasteiger partial charge on any atom is -0.496 e. The van der Waals surface area contributed by atoms with Gasteiger partial charge in [-0.05, 0) is 56.0 Å². The Balaban J connectivity index is 1.98. The lowest BCUT2D eigenvalue weighted by atomic mass is 10.2. The molecule has 3 rings (SSSR count). The highest BCUT2D eigenvalue weighted by Gasteiger charge is 2.14. The Morgan fingerprint density at radius 1 is 1.22 bits per heavy atom. The molecule has 0 atom stereocenters. The van der Waals surface area contributed by atoms with Gasteiger partial charge >= 0.3 is 5.69 Å². The Bertz CT molecular complexity index is 873. The zero-order chi connectivity index (χ0) is 16.4. The van der Waals surface area contributed by atoms with Crippen LogP contribution in [0.1, 0.15) is 5.56 Å². The first-order chi connectivity index (χ1) is 11.1. The van der Waals surface area contributed by atoms with Gasteiger partial charge in [-0.1, -0.05) is 0 Å². The number of halogens is 1. The molecule has 1 aromatic carbocycles. The lowest BCUT2D eigenvalue weighted by Crippen LogP contribution is -2.24. The highest BCUT2D eigenvalue weighted by atomic mass is 79.9. The van der Waals surface area contributed by atoms with Crippen molar-refractivity contribution in [3.63, 3.8) is 0 Å². The minimum atomic E-state index is -0.309. The van der Waals surface area contributed by atoms with E-state index in [1.165, 1.54) is 20.7 Å². The second-order valence-electron chi connectivity index (χ2n) is 4.58. The number of benzene rings is 1. The zero-order valence-electron chi connectivity index (χ0n) is 12.4. The second kappa shape index (κ2) is 6.55. The minimum absolute atomic E-state index is 0.233. The van der Waals surface area contributed by atoms with Crippen LogP contribution in [0.15, 0.2) is 38.9 Å². The third kappa shape index (κ3) is 3.02. The van der Waals surface area contributed by atoms with Crippen LogP contribution in [-0.4, -0.2) is 34.0 Å². The van der Waals surface area contributed by atoms with Crippen molar-refractivity contribution in [2.75, 3.05) is 14.2 Å². The third-order valence-electron chi connectivity index (χ3n) is 3.23. The first-order valence-electron chi connectivity index (χ1n) is 6.61. The Morgan fingerprint density at radius 3 is 2.65 bits per heavy atom. The van der Waals surface area contributed by atoms with E-state index in [1.807, 2.05) is 17.5 Å². The number of aromatic nitrogens is 4. The molecule has 0 aliphatic heterocycles. The van der Waals surface area contributed by atoms with E-state index in [0.29, 0.717) is 11.5 Å². The summed E-state index contributed by atoms with van der Waals surface area (Å²) in [5.74, 6) is 1.29. The fraction of sp³-hybridized carbons (Fsp3) is 0.214. The van der Waals surface area contributed by atoms with Gasteiger partial charge in [-0.3, -0.25) is 0 Å². The normalized spacial score (nSPS) is 10.7. The Morgan fingerprint density at radius 2 is 2.00 bits per heavy atom. The van der Waals surface area contributed by atoms with E-state index >= 15 is 0 Å². The summed E-state index contributed by atoms with van der Waals surface area (Å²) in [5, 5.41) is 10.5. The van der Waals surface area contributed by atoms with Gasteiger partial charge in [-0.25, -0.2) is 4.79 Å². The summed E-state index contributed by atoms with van der Waals surface area (Å²) >= 11 is 4.83. The van der Waals surface area contributed by atoms with E-state index in [4.69, 9.17) is 9.47 Å². The summed E-state index contributed by atoms with van der Waals surface area (Å²) < 4.78 is 14.0. The number of ether oxygens (including phenoxy) is 2. The van der Waals surface area contributed by atoms with Crippen LogP contribution in [0.4, 0.5) is 0 Å². The van der Waals surface area contributed by atoms with Crippen LogP contribution in [0.25, 0.3) is 5.00 Å². The van der Waals surface area contributed by atoms with Gasteiger partial charge in [-0.2, -0.15) is 9.36 Å². The average molecular weight is 397 g/mol. The lowest BCUT2D eigenvalue weighted by Gasteiger charge is -2.11. The maximum Gasteiger partial charge on any atom is 0.369 e. The summed E-state index contributed by atoms with van der Waals surface area (Å²) in [4.78, 5) is 12.4. The lowest BCUT2D eigenvalue weighted by molar-refractivity contribution is 0.394. The predicted octanol–water partition coefficient (Wildman–Crippen LogP) is 2.32. The number of tetrazole rings is 1. The molecule has 0 aliphatic carbocycles. The van der Waals surface area contributed by atoms with E-state index in [1.54, 1.807) is 26.4 Å². The molecule has 120 valence electrons. The molecule has 0 bridgehead atoms. The van der Waals surface area contributed by atoms with E-state index in [2.05, 4.69) is 26.4 Å². The number of thiophene rings is 1. The molecule has 0 amide bonds. The fourth-order valence-corrected chi connectivity index (χ4v) is 3.26. The number of methoxy groups -OCH3 is 2. The quantitative estimate of drug-likeness (QED) is 0.661. The molecule has 0 N–H and O–H groups in total. The first kappa shape index (κ1) is 15.8. The standard InChI is InChI=1S/C14H13BrN4O3S/c1-21-11-7-10(15)12(22-2)6-9(11)8-18-14(20)19(17-16-18)13-4-3-5-23-13/h3-7H,8H2,1-2H3. The zero-order valence-corrected chi connectivity index (χ0v) is 14.8. The summed E-state index contributed by atoms with van der Waals surface area (Å²) in [7, 11) is 3.15. The number of hydrogen-bond donors (Lipinski definition) is 0. The van der Waals surface area contributed by atoms with Crippen molar-refractivity contribution in [3.8, 4) is 16.5 Å². The highest BCUT2D eigenvalue weighted by Crippen LogP contribution is 2.32. The van der Waals surface area contributed by atoms with Crippen LogP contribution in [0, 0.1) is 0 Å². The molecule has 23 heavy (non-hydrogen) atoms. The maximum absolute atomic E-state index is 12.4. The van der Waals surface area contributed by atoms with E-state index in [9.17, 15) is 4.79 Å². The average Bonchev–Trinajstić information content (AvgIpc) is 3.19. The molecule has 0 unspecified atom stereocenters. The van der Waals surface area contributed by atoms with Gasteiger partial charge in [0.15, 0.2) is 0 Å². The highest BCUT2D eigenvalue weighted by molar-refractivity contribution is 9.10. The van der Waals surface area contributed by atoms with Gasteiger partial charge in [0.05, 0.1) is 25.2 Å². The van der Waals surface area contributed by atoms with Crippen LogP contribution >= 0.6 is 27.3 Å². The van der Waals surface area contributed by atoms with Crippen molar-refractivity contribution >= 4 is 27.3 Å². The van der Waals surface area contributed by atoms with E-state index < -0.39 is 0 Å². The molecule has 0 fully saturated rings. The van der Waals surface area contributed by atoms with Gasteiger partial charge in [0.25, 0.3) is 0 Å². The molecule has 3 aromatic rings. The molecule has 0 saturated carbocycles. The van der Waals surface area contributed by atoms with Gasteiger partial charge < -0.3 is 9.47 Å². The number of nitrogens with zero attached hydrogens (tertiary/aromatic N) is 4. The first-order valence-corrected chi connectivity index (χ1v) is 8.28. The Kier molecular flexibility index (Phi) is 4.49. The van der Waals surface area contributed by atoms with Crippen molar-refractivity contribution in [1.29, 1.82) is 0 Å². The molecule has 0 radical (unpaired) electrons. The van der Waals surface area contributed by atoms with Crippen molar-refractivity contribution in [3.05, 3.63) is 50.2 Å². The molecule has 7 nitrogen and oxygen atoms in total. The van der Waals surface area contributed by atoms with Crippen LogP contribution < -0.4 is 15.2 Å². The maximum atomic E-state index is 12.4. The van der Waals surface area contributed by atoms with Crippen LogP contribution in [0.2, 0.25) is 0 Å². The molecule has 0 aliphatic rings. The Labute approximate surface area is 144 Å². The molecule has 2 aromatic heterocycles. The molecular formula is C14H13BrN4O3S. The van der Waals surface area contributed by atoms with Gasteiger partial charge in [0, 0.05) is 5.56 Å². The summed E-state index contributed by atoms with van der Waals surface area (Å²) in [6.07, 6.45) is 0. The summed E-state index contributed by atoms with van der Waals surface area (Å²) in [6.45, 7) is 0.233.